The highest BCUT2D eigenvalue weighted by Gasteiger charge is 2.52. The number of thioether (sulfide) groups is 1. The van der Waals surface area contributed by atoms with Gasteiger partial charge in [-0.25, -0.2) is 4.79 Å². The largest absolute Gasteiger partial charge is 0.484 e. The predicted molar refractivity (Wildman–Crippen MR) is 82.7 cm³/mol. The summed E-state index contributed by atoms with van der Waals surface area (Å²) in [6.45, 7) is -0.202. The number of hydrogen-bond donors (Lipinski definition) is 2. The lowest BCUT2D eigenvalue weighted by Gasteiger charge is -2.48. The lowest BCUT2D eigenvalue weighted by molar-refractivity contribution is -0.150. The molecule has 23 heavy (non-hydrogen) atoms. The first-order chi connectivity index (χ1) is 11.1. The van der Waals surface area contributed by atoms with Gasteiger partial charge < -0.3 is 15.2 Å². The highest BCUT2D eigenvalue weighted by Crippen LogP contribution is 2.37. The third-order valence-electron chi connectivity index (χ3n) is 3.50. The van der Waals surface area contributed by atoms with Gasteiger partial charge in [-0.2, -0.15) is 0 Å². The molecule has 0 spiro atoms. The van der Waals surface area contributed by atoms with Crippen molar-refractivity contribution in [3.63, 3.8) is 0 Å². The maximum atomic E-state index is 12.1. The number of para-hydroxylation sites is 1. The van der Waals surface area contributed by atoms with Gasteiger partial charge >= 0.3 is 5.97 Å². The van der Waals surface area contributed by atoms with Gasteiger partial charge in [0.1, 0.15) is 22.9 Å². The fourth-order valence-corrected chi connectivity index (χ4v) is 3.61. The van der Waals surface area contributed by atoms with Crippen molar-refractivity contribution < 1.29 is 24.2 Å². The molecule has 3 rings (SSSR count). The first-order valence-electron chi connectivity index (χ1n) is 6.93. The first kappa shape index (κ1) is 15.4. The summed E-state index contributed by atoms with van der Waals surface area (Å²) in [6.07, 6.45) is 1.50. The van der Waals surface area contributed by atoms with Crippen molar-refractivity contribution in [3.8, 4) is 5.75 Å². The molecular formula is C15H14N2O5S. The average Bonchev–Trinajstić information content (AvgIpc) is 2.57. The van der Waals surface area contributed by atoms with Gasteiger partial charge in [-0.1, -0.05) is 18.2 Å². The third-order valence-corrected chi connectivity index (χ3v) is 4.68. The van der Waals surface area contributed by atoms with E-state index in [2.05, 4.69) is 5.32 Å². The minimum Gasteiger partial charge on any atom is -0.484 e. The number of nitrogens with zero attached hydrogens (tertiary/aromatic N) is 1. The minimum atomic E-state index is -1.14. The summed E-state index contributed by atoms with van der Waals surface area (Å²) in [5.41, 5.74) is -0.0233. The fourth-order valence-electron chi connectivity index (χ4n) is 2.42. The molecule has 8 heteroatoms. The molecule has 0 radical (unpaired) electrons. The van der Waals surface area contributed by atoms with Crippen LogP contribution in [0, 0.1) is 0 Å². The molecule has 0 aliphatic carbocycles. The van der Waals surface area contributed by atoms with E-state index in [4.69, 9.17) is 9.84 Å². The summed E-state index contributed by atoms with van der Waals surface area (Å²) in [5, 5.41) is 11.3. The van der Waals surface area contributed by atoms with Crippen molar-refractivity contribution in [1.29, 1.82) is 0 Å². The van der Waals surface area contributed by atoms with E-state index in [-0.39, 0.29) is 17.7 Å². The number of fused-ring (bicyclic) bond motifs is 1. The van der Waals surface area contributed by atoms with Crippen molar-refractivity contribution >= 4 is 29.5 Å². The number of aliphatic carboxylic acids is 1. The van der Waals surface area contributed by atoms with Crippen molar-refractivity contribution in [2.45, 2.75) is 11.4 Å². The van der Waals surface area contributed by atoms with Crippen LogP contribution in [0.2, 0.25) is 0 Å². The Morgan fingerprint density at radius 1 is 1.35 bits per heavy atom. The van der Waals surface area contributed by atoms with Crippen LogP contribution < -0.4 is 10.1 Å². The van der Waals surface area contributed by atoms with Crippen LogP contribution in [0.1, 0.15) is 0 Å². The molecule has 2 amide bonds. The van der Waals surface area contributed by atoms with E-state index >= 15 is 0 Å². The Labute approximate surface area is 136 Å². The molecule has 7 nitrogen and oxygen atoms in total. The maximum absolute atomic E-state index is 12.1. The molecule has 1 saturated heterocycles. The van der Waals surface area contributed by atoms with Gasteiger partial charge in [0.05, 0.1) is 0 Å². The van der Waals surface area contributed by atoms with Gasteiger partial charge in [0, 0.05) is 5.75 Å². The quantitative estimate of drug-likeness (QED) is 0.759. The number of amides is 2. The number of hydrogen-bond acceptors (Lipinski definition) is 5. The van der Waals surface area contributed by atoms with E-state index < -0.39 is 23.8 Å². The number of carbonyl (C=O) groups excluding carboxylic acids is 2. The molecule has 1 aromatic rings. The van der Waals surface area contributed by atoms with Gasteiger partial charge in [0.2, 0.25) is 0 Å². The molecule has 2 heterocycles. The highest BCUT2D eigenvalue weighted by atomic mass is 32.2. The Balaban J connectivity index is 1.55. The number of β-lactam (4-membered cyclic amide) rings is 1. The van der Waals surface area contributed by atoms with Crippen LogP contribution in [0.3, 0.4) is 0 Å². The van der Waals surface area contributed by atoms with Gasteiger partial charge in [0.25, 0.3) is 11.8 Å². The molecule has 2 atom stereocenters. The zero-order chi connectivity index (χ0) is 16.4. The highest BCUT2D eigenvalue weighted by molar-refractivity contribution is 8.00. The van der Waals surface area contributed by atoms with E-state index in [9.17, 15) is 14.4 Å². The number of carbonyl (C=O) groups is 3. The Kier molecular flexibility index (Phi) is 4.24. The molecule has 0 bridgehead atoms. The van der Waals surface area contributed by atoms with E-state index in [1.165, 1.54) is 22.7 Å². The van der Waals surface area contributed by atoms with Crippen LogP contribution in [-0.4, -0.2) is 51.6 Å². The number of benzene rings is 1. The standard InChI is InChI=1S/C15H14N2O5S/c18-11(8-22-9-4-2-1-3-5-9)16-12-13(19)17-10(15(20)21)6-7-23-14(12)17/h1-6,12,14H,7-8H2,(H,16,18)(H,20,21). The van der Waals surface area contributed by atoms with Crippen molar-refractivity contribution in [3.05, 3.63) is 42.1 Å². The normalized spacial score (nSPS) is 22.5. The second-order valence-electron chi connectivity index (χ2n) is 4.97. The Morgan fingerprint density at radius 3 is 2.78 bits per heavy atom. The van der Waals surface area contributed by atoms with Gasteiger partial charge in [-0.05, 0) is 18.2 Å². The summed E-state index contributed by atoms with van der Waals surface area (Å²) in [7, 11) is 0. The smallest absolute Gasteiger partial charge is 0.352 e. The number of carboxylic acids is 1. The Morgan fingerprint density at radius 2 is 2.09 bits per heavy atom. The van der Waals surface area contributed by atoms with Gasteiger partial charge in [0.15, 0.2) is 6.61 Å². The van der Waals surface area contributed by atoms with E-state index in [1.54, 1.807) is 24.3 Å². The number of rotatable bonds is 5. The van der Waals surface area contributed by atoms with Crippen molar-refractivity contribution in [2.75, 3.05) is 12.4 Å². The van der Waals surface area contributed by atoms with Crippen molar-refractivity contribution in [1.82, 2.24) is 10.2 Å². The minimum absolute atomic E-state index is 0.0233. The summed E-state index contributed by atoms with van der Waals surface area (Å²) in [4.78, 5) is 36.3. The van der Waals surface area contributed by atoms with Crippen molar-refractivity contribution in [2.24, 2.45) is 0 Å². The topological polar surface area (TPSA) is 95.9 Å². The second kappa shape index (κ2) is 6.33. The lowest BCUT2D eigenvalue weighted by Crippen LogP contribution is -2.70. The van der Waals surface area contributed by atoms with Crippen LogP contribution in [0.15, 0.2) is 42.1 Å². The van der Waals surface area contributed by atoms with Crippen LogP contribution in [-0.2, 0) is 14.4 Å². The first-order valence-corrected chi connectivity index (χ1v) is 7.98. The SMILES string of the molecule is O=C(COc1ccccc1)NC1C(=O)N2C(C(=O)O)=CCSC12. The molecular weight excluding hydrogens is 320 g/mol. The van der Waals surface area contributed by atoms with Crippen LogP contribution >= 0.6 is 11.8 Å². The molecule has 120 valence electrons. The number of nitrogens with one attached hydrogen (secondary N) is 1. The summed E-state index contributed by atoms with van der Waals surface area (Å²) in [6, 6.07) is 8.16. The predicted octanol–water partition coefficient (Wildman–Crippen LogP) is 0.434. The molecule has 1 fully saturated rings. The Bertz CT molecular complexity index is 676. The van der Waals surface area contributed by atoms with Gasteiger partial charge in [-0.15, -0.1) is 11.8 Å². The molecule has 2 N–H and O–H groups in total. The molecule has 0 aromatic heterocycles. The number of carboxylic acid groups (broad SMARTS) is 1. The van der Waals surface area contributed by atoms with E-state index in [1.807, 2.05) is 6.07 Å². The zero-order valence-electron chi connectivity index (χ0n) is 12.0. The molecule has 0 saturated carbocycles. The zero-order valence-corrected chi connectivity index (χ0v) is 12.8. The Hall–Kier alpha value is -2.48. The third kappa shape index (κ3) is 3.02. The fraction of sp³-hybridized carbons (Fsp3) is 0.267. The summed E-state index contributed by atoms with van der Waals surface area (Å²) >= 11 is 1.41. The maximum Gasteiger partial charge on any atom is 0.352 e. The second-order valence-corrected chi connectivity index (χ2v) is 6.12. The molecule has 2 unspecified atom stereocenters. The molecule has 2 aliphatic heterocycles. The van der Waals surface area contributed by atoms with Crippen LogP contribution in [0.25, 0.3) is 0 Å². The van der Waals surface area contributed by atoms with Crippen LogP contribution in [0.4, 0.5) is 0 Å². The molecule has 1 aromatic carbocycles. The average molecular weight is 334 g/mol. The summed E-state index contributed by atoms with van der Waals surface area (Å²) in [5.74, 6) is -0.917. The summed E-state index contributed by atoms with van der Waals surface area (Å²) < 4.78 is 5.32. The van der Waals surface area contributed by atoms with Crippen LogP contribution in [0.5, 0.6) is 5.75 Å². The molecule has 2 aliphatic rings. The lowest BCUT2D eigenvalue weighted by atomic mass is 10.1. The van der Waals surface area contributed by atoms with E-state index in [0.717, 1.165) is 0 Å². The van der Waals surface area contributed by atoms with Gasteiger partial charge in [-0.3, -0.25) is 14.5 Å². The number of ether oxygens (including phenoxy) is 1. The van der Waals surface area contributed by atoms with E-state index in [0.29, 0.717) is 11.5 Å². The monoisotopic (exact) mass is 334 g/mol.